The van der Waals surface area contributed by atoms with Gasteiger partial charge in [0.2, 0.25) is 0 Å². The molecule has 5 heteroatoms. The summed E-state index contributed by atoms with van der Waals surface area (Å²) in [5.74, 6) is 0.243. The number of amides is 1. The molecule has 0 heterocycles. The smallest absolute Gasteiger partial charge is 0.255 e. The third-order valence-corrected chi connectivity index (χ3v) is 3.03. The Morgan fingerprint density at radius 3 is 2.77 bits per heavy atom. The topological polar surface area (TPSA) is 88.1 Å². The van der Waals surface area contributed by atoms with E-state index >= 15 is 0 Å². The molecule has 0 aliphatic carbocycles. The summed E-state index contributed by atoms with van der Waals surface area (Å²) in [4.78, 5) is 12.2. The van der Waals surface area contributed by atoms with Gasteiger partial charge in [-0.2, -0.15) is 5.26 Å². The lowest BCUT2D eigenvalue weighted by Gasteiger charge is -2.10. The molecule has 2 rings (SSSR count). The van der Waals surface area contributed by atoms with E-state index in [4.69, 9.17) is 15.7 Å². The summed E-state index contributed by atoms with van der Waals surface area (Å²) in [6.45, 7) is 2.58. The molecule has 0 spiro atoms. The van der Waals surface area contributed by atoms with Gasteiger partial charge >= 0.3 is 0 Å². The van der Waals surface area contributed by atoms with Crippen molar-refractivity contribution in [2.75, 3.05) is 17.7 Å². The lowest BCUT2D eigenvalue weighted by molar-refractivity contribution is 0.102. The van der Waals surface area contributed by atoms with Gasteiger partial charge in [-0.05, 0) is 36.8 Å². The largest absolute Gasteiger partial charge is 0.491 e. The third kappa shape index (κ3) is 3.55. The summed E-state index contributed by atoms with van der Waals surface area (Å²) in [5, 5.41) is 11.7. The van der Waals surface area contributed by atoms with Gasteiger partial charge in [0.25, 0.3) is 5.91 Å². The minimum absolute atomic E-state index is 0.323. The Hall–Kier alpha value is -3.00. The molecule has 0 unspecified atom stereocenters. The molecule has 22 heavy (non-hydrogen) atoms. The van der Waals surface area contributed by atoms with Gasteiger partial charge in [0, 0.05) is 5.56 Å². The van der Waals surface area contributed by atoms with Crippen molar-refractivity contribution in [3.05, 3.63) is 53.6 Å². The normalized spacial score (nSPS) is 9.82. The molecule has 2 aromatic carbocycles. The summed E-state index contributed by atoms with van der Waals surface area (Å²) >= 11 is 0. The number of carbonyl (C=O) groups excluding carboxylic acids is 1. The predicted molar refractivity (Wildman–Crippen MR) is 85.8 cm³/mol. The maximum atomic E-state index is 12.2. The molecule has 112 valence electrons. The van der Waals surface area contributed by atoms with E-state index < -0.39 is 0 Å². The highest BCUT2D eigenvalue weighted by molar-refractivity contribution is 6.05. The van der Waals surface area contributed by atoms with E-state index in [1.165, 1.54) is 0 Å². The van der Waals surface area contributed by atoms with Crippen LogP contribution in [0.4, 0.5) is 11.4 Å². The monoisotopic (exact) mass is 295 g/mol. The zero-order chi connectivity index (χ0) is 15.9. The Labute approximate surface area is 129 Å². The average Bonchev–Trinajstić information content (AvgIpc) is 2.54. The van der Waals surface area contributed by atoms with E-state index in [1.807, 2.05) is 13.0 Å². The van der Waals surface area contributed by atoms with Crippen LogP contribution in [-0.4, -0.2) is 12.5 Å². The maximum absolute atomic E-state index is 12.2. The number of benzene rings is 2. The highest BCUT2D eigenvalue weighted by atomic mass is 16.5. The molecule has 0 fully saturated rings. The van der Waals surface area contributed by atoms with Gasteiger partial charge in [-0.25, -0.2) is 0 Å². The first-order valence-corrected chi connectivity index (χ1v) is 6.98. The van der Waals surface area contributed by atoms with Crippen LogP contribution >= 0.6 is 0 Å². The van der Waals surface area contributed by atoms with Gasteiger partial charge in [-0.3, -0.25) is 4.79 Å². The SMILES string of the molecule is CCCOc1ccc(C(=O)Nc2ccccc2C#N)cc1N. The van der Waals surface area contributed by atoms with Crippen LogP contribution in [0.25, 0.3) is 0 Å². The van der Waals surface area contributed by atoms with Crippen molar-refractivity contribution in [3.63, 3.8) is 0 Å². The molecule has 0 saturated heterocycles. The number of carbonyl (C=O) groups is 1. The summed E-state index contributed by atoms with van der Waals surface area (Å²) < 4.78 is 5.48. The quantitative estimate of drug-likeness (QED) is 0.829. The number of nitrogen functional groups attached to an aromatic ring is 1. The first-order valence-electron chi connectivity index (χ1n) is 6.98. The standard InChI is InChI=1S/C17H17N3O2/c1-2-9-22-16-8-7-12(10-14(16)19)17(21)20-15-6-4-3-5-13(15)11-18/h3-8,10H,2,9,19H2,1H3,(H,20,21). The van der Waals surface area contributed by atoms with E-state index in [9.17, 15) is 4.79 Å². The second-order valence-corrected chi connectivity index (χ2v) is 4.71. The lowest BCUT2D eigenvalue weighted by atomic mass is 10.1. The number of anilines is 2. The second-order valence-electron chi connectivity index (χ2n) is 4.71. The van der Waals surface area contributed by atoms with Crippen LogP contribution in [0.3, 0.4) is 0 Å². The van der Waals surface area contributed by atoms with Crippen LogP contribution in [0.2, 0.25) is 0 Å². The van der Waals surface area contributed by atoms with Gasteiger partial charge in [0.05, 0.1) is 23.5 Å². The molecule has 0 bridgehead atoms. The molecular formula is C17H17N3O2. The van der Waals surface area contributed by atoms with Crippen molar-refractivity contribution >= 4 is 17.3 Å². The van der Waals surface area contributed by atoms with E-state index in [1.54, 1.807) is 42.5 Å². The van der Waals surface area contributed by atoms with Crippen LogP contribution in [-0.2, 0) is 0 Å². The number of nitriles is 1. The first-order chi connectivity index (χ1) is 10.7. The maximum Gasteiger partial charge on any atom is 0.255 e. The lowest BCUT2D eigenvalue weighted by Crippen LogP contribution is -2.13. The van der Waals surface area contributed by atoms with Gasteiger partial charge in [-0.1, -0.05) is 19.1 Å². The van der Waals surface area contributed by atoms with Crippen molar-refractivity contribution in [1.82, 2.24) is 0 Å². The summed E-state index contributed by atoms with van der Waals surface area (Å²) in [6, 6.07) is 13.7. The molecule has 0 aromatic heterocycles. The molecule has 0 saturated carbocycles. The number of rotatable bonds is 5. The third-order valence-electron chi connectivity index (χ3n) is 3.03. The Morgan fingerprint density at radius 1 is 1.32 bits per heavy atom. The van der Waals surface area contributed by atoms with Crippen LogP contribution in [0.15, 0.2) is 42.5 Å². The van der Waals surface area contributed by atoms with Gasteiger partial charge in [0.15, 0.2) is 0 Å². The molecule has 1 amide bonds. The predicted octanol–water partition coefficient (Wildman–Crippen LogP) is 3.18. The van der Waals surface area contributed by atoms with Crippen molar-refractivity contribution in [2.24, 2.45) is 0 Å². The average molecular weight is 295 g/mol. The fourth-order valence-corrected chi connectivity index (χ4v) is 1.92. The van der Waals surface area contributed by atoms with E-state index in [0.29, 0.717) is 34.9 Å². The minimum atomic E-state index is -0.323. The van der Waals surface area contributed by atoms with E-state index in [-0.39, 0.29) is 5.91 Å². The van der Waals surface area contributed by atoms with Crippen LogP contribution in [0, 0.1) is 11.3 Å². The highest BCUT2D eigenvalue weighted by Gasteiger charge is 2.11. The zero-order valence-corrected chi connectivity index (χ0v) is 12.3. The zero-order valence-electron chi connectivity index (χ0n) is 12.3. The number of ether oxygens (including phenoxy) is 1. The Kier molecular flexibility index (Phi) is 4.99. The number of hydrogen-bond acceptors (Lipinski definition) is 4. The Bertz CT molecular complexity index is 720. The van der Waals surface area contributed by atoms with Gasteiger partial charge < -0.3 is 15.8 Å². The number of nitrogens with one attached hydrogen (secondary N) is 1. The summed E-state index contributed by atoms with van der Waals surface area (Å²) in [6.07, 6.45) is 0.882. The Morgan fingerprint density at radius 2 is 2.09 bits per heavy atom. The molecule has 0 aliphatic rings. The molecule has 0 atom stereocenters. The highest BCUT2D eigenvalue weighted by Crippen LogP contribution is 2.23. The Balaban J connectivity index is 2.16. The molecule has 2 aromatic rings. The van der Waals surface area contributed by atoms with E-state index in [0.717, 1.165) is 6.42 Å². The fraction of sp³-hybridized carbons (Fsp3) is 0.176. The van der Waals surface area contributed by atoms with Crippen LogP contribution in [0.1, 0.15) is 29.3 Å². The van der Waals surface area contributed by atoms with Crippen LogP contribution in [0.5, 0.6) is 5.75 Å². The molecule has 5 nitrogen and oxygen atoms in total. The summed E-state index contributed by atoms with van der Waals surface area (Å²) in [7, 11) is 0. The van der Waals surface area contributed by atoms with Crippen molar-refractivity contribution in [3.8, 4) is 11.8 Å². The second kappa shape index (κ2) is 7.14. The molecule has 3 N–H and O–H groups in total. The van der Waals surface area contributed by atoms with E-state index in [2.05, 4.69) is 5.32 Å². The minimum Gasteiger partial charge on any atom is -0.491 e. The molecular weight excluding hydrogens is 278 g/mol. The van der Waals surface area contributed by atoms with Gasteiger partial charge in [0.1, 0.15) is 11.8 Å². The summed E-state index contributed by atoms with van der Waals surface area (Å²) in [5.41, 5.74) is 7.60. The molecule has 0 aliphatic heterocycles. The van der Waals surface area contributed by atoms with Crippen molar-refractivity contribution in [2.45, 2.75) is 13.3 Å². The van der Waals surface area contributed by atoms with Crippen molar-refractivity contribution in [1.29, 1.82) is 5.26 Å². The number of para-hydroxylation sites is 1. The van der Waals surface area contributed by atoms with Crippen LogP contribution < -0.4 is 15.8 Å². The number of nitrogens with zero attached hydrogens (tertiary/aromatic N) is 1. The van der Waals surface area contributed by atoms with Gasteiger partial charge in [-0.15, -0.1) is 0 Å². The first kappa shape index (κ1) is 15.4. The number of nitrogens with two attached hydrogens (primary N) is 1. The number of hydrogen-bond donors (Lipinski definition) is 2. The fourth-order valence-electron chi connectivity index (χ4n) is 1.92. The molecule has 0 radical (unpaired) electrons. The van der Waals surface area contributed by atoms with Crippen molar-refractivity contribution < 1.29 is 9.53 Å².